The predicted molar refractivity (Wildman–Crippen MR) is 67.7 cm³/mol. The lowest BCUT2D eigenvalue weighted by atomic mass is 10.0. The molecule has 1 rings (SSSR count). The fourth-order valence-electron chi connectivity index (χ4n) is 1.26. The molecule has 1 aromatic rings. The van der Waals surface area contributed by atoms with E-state index in [-0.39, 0.29) is 16.4 Å². The number of alkyl halides is 1. The highest BCUT2D eigenvalue weighted by atomic mass is 35.5. The minimum Gasteiger partial charge on any atom is -0.306 e. The summed E-state index contributed by atoms with van der Waals surface area (Å²) in [4.78, 5) is 0. The number of hydrogen-bond donors (Lipinski definition) is 1. The van der Waals surface area contributed by atoms with Crippen molar-refractivity contribution >= 4 is 23.2 Å². The standard InChI is InChI=1S/C12H16Cl2FN/c1-3-12(2,8-13)16-7-9-5-4-6-10(14)11(9)15/h4-6,16H,3,7-8H2,1-2H3. The summed E-state index contributed by atoms with van der Waals surface area (Å²) in [5, 5.41) is 3.41. The van der Waals surface area contributed by atoms with Crippen LogP contribution < -0.4 is 5.32 Å². The summed E-state index contributed by atoms with van der Waals surface area (Å²) in [5.41, 5.74) is 0.397. The summed E-state index contributed by atoms with van der Waals surface area (Å²) in [6.45, 7) is 4.50. The molecule has 0 amide bonds. The number of benzene rings is 1. The van der Waals surface area contributed by atoms with Gasteiger partial charge in [0.25, 0.3) is 0 Å². The molecule has 90 valence electrons. The molecule has 16 heavy (non-hydrogen) atoms. The van der Waals surface area contributed by atoms with E-state index >= 15 is 0 Å². The minimum absolute atomic E-state index is 0.156. The molecule has 1 nitrogen and oxygen atoms in total. The van der Waals surface area contributed by atoms with Crippen LogP contribution in [0.15, 0.2) is 18.2 Å². The van der Waals surface area contributed by atoms with Crippen molar-refractivity contribution in [3.63, 3.8) is 0 Å². The smallest absolute Gasteiger partial charge is 0.146 e. The molecule has 0 aliphatic carbocycles. The van der Waals surface area contributed by atoms with Crippen LogP contribution in [0.25, 0.3) is 0 Å². The Morgan fingerprint density at radius 1 is 1.44 bits per heavy atom. The molecule has 1 N–H and O–H groups in total. The van der Waals surface area contributed by atoms with E-state index in [1.54, 1.807) is 18.2 Å². The van der Waals surface area contributed by atoms with Gasteiger partial charge >= 0.3 is 0 Å². The normalized spacial score (nSPS) is 14.8. The molecule has 0 bridgehead atoms. The van der Waals surface area contributed by atoms with Crippen molar-refractivity contribution in [3.05, 3.63) is 34.6 Å². The Hall–Kier alpha value is -0.310. The Labute approximate surface area is 106 Å². The maximum Gasteiger partial charge on any atom is 0.146 e. The van der Waals surface area contributed by atoms with Gasteiger partial charge in [-0.05, 0) is 19.4 Å². The molecular formula is C12H16Cl2FN. The SMILES string of the molecule is CCC(C)(CCl)NCc1cccc(Cl)c1F. The van der Waals surface area contributed by atoms with Gasteiger partial charge in [0, 0.05) is 23.5 Å². The molecule has 0 fully saturated rings. The molecule has 0 saturated carbocycles. The van der Waals surface area contributed by atoms with E-state index in [1.165, 1.54) is 0 Å². The minimum atomic E-state index is -0.357. The van der Waals surface area contributed by atoms with Gasteiger partial charge in [0.2, 0.25) is 0 Å². The zero-order valence-electron chi connectivity index (χ0n) is 9.49. The molecule has 1 atom stereocenters. The van der Waals surface area contributed by atoms with Gasteiger partial charge in [-0.3, -0.25) is 0 Å². The van der Waals surface area contributed by atoms with Crippen LogP contribution in [0.3, 0.4) is 0 Å². The van der Waals surface area contributed by atoms with Gasteiger partial charge in [-0.15, -0.1) is 11.6 Å². The summed E-state index contributed by atoms with van der Waals surface area (Å²) in [6.07, 6.45) is 0.888. The van der Waals surface area contributed by atoms with Gasteiger partial charge in [0.1, 0.15) is 5.82 Å². The third-order valence-electron chi connectivity index (χ3n) is 2.81. The summed E-state index contributed by atoms with van der Waals surface area (Å²) in [6, 6.07) is 5.01. The van der Waals surface area contributed by atoms with Gasteiger partial charge in [0.05, 0.1) is 5.02 Å². The molecule has 1 unspecified atom stereocenters. The van der Waals surface area contributed by atoms with Crippen LogP contribution in [0.5, 0.6) is 0 Å². The van der Waals surface area contributed by atoms with Gasteiger partial charge in [-0.25, -0.2) is 4.39 Å². The van der Waals surface area contributed by atoms with Crippen molar-refractivity contribution in [3.8, 4) is 0 Å². The van der Waals surface area contributed by atoms with E-state index in [2.05, 4.69) is 5.32 Å². The first kappa shape index (κ1) is 13.8. The second-order valence-corrected chi connectivity index (χ2v) is 4.79. The molecule has 0 heterocycles. The van der Waals surface area contributed by atoms with Crippen molar-refractivity contribution in [1.82, 2.24) is 5.32 Å². The highest BCUT2D eigenvalue weighted by molar-refractivity contribution is 6.30. The van der Waals surface area contributed by atoms with Crippen LogP contribution in [-0.2, 0) is 6.54 Å². The number of halogens is 3. The Kier molecular flexibility index (Phi) is 5.03. The van der Waals surface area contributed by atoms with Crippen molar-refractivity contribution in [2.24, 2.45) is 0 Å². The van der Waals surface area contributed by atoms with Crippen molar-refractivity contribution in [2.45, 2.75) is 32.4 Å². The molecule has 0 radical (unpaired) electrons. The highest BCUT2D eigenvalue weighted by Crippen LogP contribution is 2.19. The first-order valence-corrected chi connectivity index (χ1v) is 6.17. The van der Waals surface area contributed by atoms with E-state index in [0.29, 0.717) is 18.0 Å². The first-order chi connectivity index (χ1) is 7.52. The van der Waals surface area contributed by atoms with E-state index in [1.807, 2.05) is 13.8 Å². The number of hydrogen-bond acceptors (Lipinski definition) is 1. The van der Waals surface area contributed by atoms with Crippen LogP contribution in [0, 0.1) is 5.82 Å². The van der Waals surface area contributed by atoms with E-state index in [9.17, 15) is 4.39 Å². The summed E-state index contributed by atoms with van der Waals surface area (Å²) < 4.78 is 13.6. The largest absolute Gasteiger partial charge is 0.306 e. The predicted octanol–water partition coefficient (Wildman–Crippen LogP) is 3.98. The summed E-state index contributed by atoms with van der Waals surface area (Å²) in [5.74, 6) is 0.135. The first-order valence-electron chi connectivity index (χ1n) is 5.26. The maximum absolute atomic E-state index is 13.6. The van der Waals surface area contributed by atoms with E-state index < -0.39 is 0 Å². The lowest BCUT2D eigenvalue weighted by Gasteiger charge is -2.27. The Morgan fingerprint density at radius 2 is 2.12 bits per heavy atom. The van der Waals surface area contributed by atoms with Crippen molar-refractivity contribution in [1.29, 1.82) is 0 Å². The van der Waals surface area contributed by atoms with Crippen LogP contribution >= 0.6 is 23.2 Å². The van der Waals surface area contributed by atoms with Crippen LogP contribution in [0.4, 0.5) is 4.39 Å². The highest BCUT2D eigenvalue weighted by Gasteiger charge is 2.20. The van der Waals surface area contributed by atoms with Crippen molar-refractivity contribution in [2.75, 3.05) is 5.88 Å². The zero-order valence-corrected chi connectivity index (χ0v) is 11.0. The van der Waals surface area contributed by atoms with Crippen LogP contribution in [-0.4, -0.2) is 11.4 Å². The number of rotatable bonds is 5. The second kappa shape index (κ2) is 5.85. The molecule has 0 aromatic heterocycles. The molecule has 4 heteroatoms. The van der Waals surface area contributed by atoms with Crippen molar-refractivity contribution < 1.29 is 4.39 Å². The van der Waals surface area contributed by atoms with E-state index in [4.69, 9.17) is 23.2 Å². The molecule has 0 spiro atoms. The third-order valence-corrected chi connectivity index (χ3v) is 3.69. The number of nitrogens with one attached hydrogen (secondary N) is 1. The average molecular weight is 264 g/mol. The lowest BCUT2D eigenvalue weighted by molar-refractivity contribution is 0.376. The summed E-state index contributed by atoms with van der Waals surface area (Å²) in [7, 11) is 0. The molecule has 0 aliphatic rings. The van der Waals surface area contributed by atoms with Gasteiger partial charge in [-0.1, -0.05) is 30.7 Å². The Morgan fingerprint density at radius 3 is 2.69 bits per heavy atom. The van der Waals surface area contributed by atoms with Crippen LogP contribution in [0.1, 0.15) is 25.8 Å². The summed E-state index contributed by atoms with van der Waals surface area (Å²) >= 11 is 11.6. The Balaban J connectivity index is 2.71. The monoisotopic (exact) mass is 263 g/mol. The lowest BCUT2D eigenvalue weighted by Crippen LogP contribution is -2.43. The fraction of sp³-hybridized carbons (Fsp3) is 0.500. The third kappa shape index (κ3) is 3.34. The maximum atomic E-state index is 13.6. The Bertz CT molecular complexity index is 351. The van der Waals surface area contributed by atoms with Gasteiger partial charge in [0.15, 0.2) is 0 Å². The fourth-order valence-corrected chi connectivity index (χ4v) is 1.74. The van der Waals surface area contributed by atoms with Gasteiger partial charge < -0.3 is 5.32 Å². The van der Waals surface area contributed by atoms with Crippen LogP contribution in [0.2, 0.25) is 5.02 Å². The second-order valence-electron chi connectivity index (χ2n) is 4.11. The zero-order chi connectivity index (χ0) is 12.2. The molecule has 1 aromatic carbocycles. The van der Waals surface area contributed by atoms with Gasteiger partial charge in [-0.2, -0.15) is 0 Å². The molecule has 0 saturated heterocycles. The quantitative estimate of drug-likeness (QED) is 0.793. The van der Waals surface area contributed by atoms with E-state index in [0.717, 1.165) is 6.42 Å². The molecule has 0 aliphatic heterocycles. The topological polar surface area (TPSA) is 12.0 Å². The molecular weight excluding hydrogens is 248 g/mol. The average Bonchev–Trinajstić information content (AvgIpc) is 2.31.